The van der Waals surface area contributed by atoms with E-state index in [1.807, 2.05) is 0 Å². The van der Waals surface area contributed by atoms with Crippen molar-refractivity contribution >= 4 is 0 Å². The highest BCUT2D eigenvalue weighted by Gasteiger charge is 2.05. The van der Waals surface area contributed by atoms with Gasteiger partial charge < -0.3 is 5.32 Å². The number of rotatable bonds is 3. The SMILES string of the molecule is CC#CCNCc1cccc(C#N)c1F. The van der Waals surface area contributed by atoms with Gasteiger partial charge in [-0.1, -0.05) is 18.1 Å². The van der Waals surface area contributed by atoms with Crippen molar-refractivity contribution in [2.24, 2.45) is 0 Å². The molecule has 0 unspecified atom stereocenters. The summed E-state index contributed by atoms with van der Waals surface area (Å²) in [7, 11) is 0. The minimum absolute atomic E-state index is 0.0795. The molecule has 2 nitrogen and oxygen atoms in total. The third-order valence-corrected chi connectivity index (χ3v) is 1.90. The highest BCUT2D eigenvalue weighted by atomic mass is 19.1. The molecular weight excluding hydrogens is 191 g/mol. The summed E-state index contributed by atoms with van der Waals surface area (Å²) < 4.78 is 13.5. The molecule has 76 valence electrons. The van der Waals surface area contributed by atoms with Gasteiger partial charge >= 0.3 is 0 Å². The van der Waals surface area contributed by atoms with Crippen molar-refractivity contribution in [3.05, 3.63) is 35.1 Å². The van der Waals surface area contributed by atoms with Gasteiger partial charge in [0, 0.05) is 12.1 Å². The molecular formula is C12H11FN2. The van der Waals surface area contributed by atoms with Crippen LogP contribution < -0.4 is 5.32 Å². The van der Waals surface area contributed by atoms with Crippen LogP contribution in [-0.2, 0) is 6.54 Å². The van der Waals surface area contributed by atoms with Crippen molar-refractivity contribution in [2.45, 2.75) is 13.5 Å². The molecule has 0 fully saturated rings. The van der Waals surface area contributed by atoms with E-state index in [-0.39, 0.29) is 5.56 Å². The number of nitrogens with zero attached hydrogens (tertiary/aromatic N) is 1. The first kappa shape index (κ1) is 11.2. The molecule has 0 aliphatic heterocycles. The van der Waals surface area contributed by atoms with Gasteiger partial charge in [-0.15, -0.1) is 5.92 Å². The minimum atomic E-state index is -0.447. The third kappa shape index (κ3) is 3.09. The van der Waals surface area contributed by atoms with Gasteiger partial charge in [0.1, 0.15) is 11.9 Å². The summed E-state index contributed by atoms with van der Waals surface area (Å²) in [5.41, 5.74) is 0.572. The lowest BCUT2D eigenvalue weighted by molar-refractivity contribution is 0.594. The fourth-order valence-corrected chi connectivity index (χ4v) is 1.15. The Hall–Kier alpha value is -1.84. The molecule has 0 bridgehead atoms. The Morgan fingerprint density at radius 1 is 1.47 bits per heavy atom. The van der Waals surface area contributed by atoms with Crippen molar-refractivity contribution in [1.29, 1.82) is 5.26 Å². The molecule has 0 saturated carbocycles. The molecule has 0 aliphatic rings. The van der Waals surface area contributed by atoms with Crippen molar-refractivity contribution in [3.8, 4) is 17.9 Å². The predicted octanol–water partition coefficient (Wildman–Crippen LogP) is 1.81. The summed E-state index contributed by atoms with van der Waals surface area (Å²) in [6, 6.07) is 6.60. The highest BCUT2D eigenvalue weighted by molar-refractivity contribution is 5.34. The van der Waals surface area contributed by atoms with E-state index in [1.165, 1.54) is 6.07 Å². The first-order valence-electron chi connectivity index (χ1n) is 4.57. The lowest BCUT2D eigenvalue weighted by Crippen LogP contribution is -2.14. The summed E-state index contributed by atoms with van der Waals surface area (Å²) in [5, 5.41) is 11.6. The topological polar surface area (TPSA) is 35.8 Å². The Bertz CT molecular complexity index is 435. The minimum Gasteiger partial charge on any atom is -0.302 e. The smallest absolute Gasteiger partial charge is 0.145 e. The zero-order chi connectivity index (χ0) is 11.1. The van der Waals surface area contributed by atoms with Crippen LogP contribution >= 0.6 is 0 Å². The Labute approximate surface area is 88.7 Å². The first-order valence-corrected chi connectivity index (χ1v) is 4.57. The van der Waals surface area contributed by atoms with E-state index >= 15 is 0 Å². The Kier molecular flexibility index (Phi) is 4.34. The Morgan fingerprint density at radius 2 is 2.27 bits per heavy atom. The average Bonchev–Trinajstić information content (AvgIpc) is 2.26. The third-order valence-electron chi connectivity index (χ3n) is 1.90. The second-order valence-corrected chi connectivity index (χ2v) is 2.92. The largest absolute Gasteiger partial charge is 0.302 e. The standard InChI is InChI=1S/C12H11FN2/c1-2-3-7-15-9-11-6-4-5-10(8-14)12(11)13/h4-6,15H,7,9H2,1H3. The molecule has 0 atom stereocenters. The summed E-state index contributed by atoms with van der Waals surface area (Å²) >= 11 is 0. The van der Waals surface area contributed by atoms with Gasteiger partial charge in [0.2, 0.25) is 0 Å². The molecule has 0 spiro atoms. The molecule has 15 heavy (non-hydrogen) atoms. The van der Waals surface area contributed by atoms with Crippen LogP contribution in [0.5, 0.6) is 0 Å². The maximum absolute atomic E-state index is 13.5. The van der Waals surface area contributed by atoms with Gasteiger partial charge in [0.05, 0.1) is 12.1 Å². The van der Waals surface area contributed by atoms with Crippen LogP contribution in [0, 0.1) is 29.0 Å². The molecule has 3 heteroatoms. The number of hydrogen-bond acceptors (Lipinski definition) is 2. The van der Waals surface area contributed by atoms with Gasteiger partial charge in [-0.25, -0.2) is 4.39 Å². The summed E-state index contributed by atoms with van der Waals surface area (Å²) in [4.78, 5) is 0. The van der Waals surface area contributed by atoms with Gasteiger partial charge in [-0.05, 0) is 13.0 Å². The second-order valence-electron chi connectivity index (χ2n) is 2.92. The van der Waals surface area contributed by atoms with Crippen molar-refractivity contribution in [1.82, 2.24) is 5.32 Å². The van der Waals surface area contributed by atoms with Crippen LogP contribution in [0.25, 0.3) is 0 Å². The maximum atomic E-state index is 13.5. The van der Waals surface area contributed by atoms with Gasteiger partial charge in [0.25, 0.3) is 0 Å². The second kappa shape index (κ2) is 5.80. The number of nitrogens with one attached hydrogen (secondary N) is 1. The average molecular weight is 202 g/mol. The molecule has 0 radical (unpaired) electrons. The van der Waals surface area contributed by atoms with E-state index < -0.39 is 5.82 Å². The zero-order valence-corrected chi connectivity index (χ0v) is 8.47. The number of halogens is 1. The molecule has 0 heterocycles. The molecule has 1 aromatic carbocycles. The molecule has 1 N–H and O–H groups in total. The van der Waals surface area contributed by atoms with Gasteiger partial charge in [0.15, 0.2) is 0 Å². The number of nitriles is 1. The molecule has 1 rings (SSSR count). The monoisotopic (exact) mass is 202 g/mol. The van der Waals surface area contributed by atoms with Gasteiger partial charge in [-0.2, -0.15) is 5.26 Å². The van der Waals surface area contributed by atoms with Crippen molar-refractivity contribution < 1.29 is 4.39 Å². The van der Waals surface area contributed by atoms with Crippen LogP contribution in [0.4, 0.5) is 4.39 Å². The van der Waals surface area contributed by atoms with E-state index in [9.17, 15) is 4.39 Å². The van der Waals surface area contributed by atoms with Crippen LogP contribution in [0.15, 0.2) is 18.2 Å². The highest BCUT2D eigenvalue weighted by Crippen LogP contribution is 2.11. The van der Waals surface area contributed by atoms with Crippen molar-refractivity contribution in [2.75, 3.05) is 6.54 Å². The summed E-state index contributed by atoms with van der Waals surface area (Å²) in [5.74, 6) is 5.10. The molecule has 0 amide bonds. The van der Waals surface area contributed by atoms with E-state index in [1.54, 1.807) is 25.1 Å². The van der Waals surface area contributed by atoms with E-state index in [2.05, 4.69) is 17.2 Å². The predicted molar refractivity (Wildman–Crippen MR) is 56.3 cm³/mol. The Morgan fingerprint density at radius 3 is 2.93 bits per heavy atom. The Balaban J connectivity index is 2.68. The van der Waals surface area contributed by atoms with Crippen LogP contribution in [0.3, 0.4) is 0 Å². The van der Waals surface area contributed by atoms with E-state index in [0.717, 1.165) is 0 Å². The number of hydrogen-bond donors (Lipinski definition) is 1. The fourth-order valence-electron chi connectivity index (χ4n) is 1.15. The summed E-state index contributed by atoms with van der Waals surface area (Å²) in [6.45, 7) is 2.65. The number of benzene rings is 1. The van der Waals surface area contributed by atoms with E-state index in [4.69, 9.17) is 5.26 Å². The molecule has 1 aromatic rings. The maximum Gasteiger partial charge on any atom is 0.145 e. The lowest BCUT2D eigenvalue weighted by atomic mass is 10.1. The lowest BCUT2D eigenvalue weighted by Gasteiger charge is -2.03. The van der Waals surface area contributed by atoms with Gasteiger partial charge in [-0.3, -0.25) is 0 Å². The zero-order valence-electron chi connectivity index (χ0n) is 8.47. The van der Waals surface area contributed by atoms with Crippen molar-refractivity contribution in [3.63, 3.8) is 0 Å². The normalized spacial score (nSPS) is 8.87. The molecule has 0 saturated heterocycles. The van der Waals surface area contributed by atoms with Crippen LogP contribution in [0.1, 0.15) is 18.1 Å². The summed E-state index contributed by atoms with van der Waals surface area (Å²) in [6.07, 6.45) is 0. The molecule has 0 aliphatic carbocycles. The fraction of sp³-hybridized carbons (Fsp3) is 0.250. The quantitative estimate of drug-likeness (QED) is 0.599. The van der Waals surface area contributed by atoms with Crippen LogP contribution in [0.2, 0.25) is 0 Å². The first-order chi connectivity index (χ1) is 7.29. The molecule has 0 aromatic heterocycles. The van der Waals surface area contributed by atoms with Crippen LogP contribution in [-0.4, -0.2) is 6.54 Å². The van der Waals surface area contributed by atoms with E-state index in [0.29, 0.717) is 18.7 Å².